The van der Waals surface area contributed by atoms with Crippen LogP contribution in [0.2, 0.25) is 0 Å². The summed E-state index contributed by atoms with van der Waals surface area (Å²) in [4.78, 5) is 11.7. The fourth-order valence-electron chi connectivity index (χ4n) is 5.08. The molecule has 2 aromatic carbocycles. The number of thiol groups is 1. The van der Waals surface area contributed by atoms with Crippen LogP contribution in [-0.4, -0.2) is 38.6 Å². The number of hydrogen-bond donors (Lipinski definition) is 2. The zero-order valence-corrected chi connectivity index (χ0v) is 28.8. The predicted molar refractivity (Wildman–Crippen MR) is 167 cm³/mol. The van der Waals surface area contributed by atoms with Gasteiger partial charge in [0.25, 0.3) is 0 Å². The maximum atomic E-state index is 10.1. The van der Waals surface area contributed by atoms with Crippen molar-refractivity contribution in [2.45, 2.75) is 58.8 Å². The van der Waals surface area contributed by atoms with Gasteiger partial charge in [0.05, 0.1) is 12.8 Å². The Morgan fingerprint density at radius 2 is 1.95 bits per heavy atom. The fourth-order valence-corrected chi connectivity index (χ4v) is 5.62. The average Bonchev–Trinajstić information content (AvgIpc) is 2.85. The molecule has 0 amide bonds. The quantitative estimate of drug-likeness (QED) is 0.214. The number of halogens is 1. The minimum absolute atomic E-state index is 0. The van der Waals surface area contributed by atoms with Crippen LogP contribution in [0.5, 0.6) is 0 Å². The Hall–Kier alpha value is -0.860. The van der Waals surface area contributed by atoms with Crippen LogP contribution in [0.4, 0.5) is 5.69 Å². The third-order valence-corrected chi connectivity index (χ3v) is 7.28. The van der Waals surface area contributed by atoms with Crippen LogP contribution < -0.4 is 34.5 Å². The second-order valence-corrected chi connectivity index (χ2v) is 11.4. The van der Waals surface area contributed by atoms with Gasteiger partial charge in [0.15, 0.2) is 0 Å². The second-order valence-electron chi connectivity index (χ2n) is 10.2. The summed E-state index contributed by atoms with van der Waals surface area (Å²) in [5.74, 6) is 1.43. The predicted octanol–water partition coefficient (Wildman–Crippen LogP) is 3.99. The van der Waals surface area contributed by atoms with Crippen molar-refractivity contribution in [2.75, 3.05) is 26.2 Å². The van der Waals surface area contributed by atoms with Crippen molar-refractivity contribution in [3.8, 4) is 0 Å². The Morgan fingerprint density at radius 1 is 1.23 bits per heavy atom. The maximum Gasteiger partial charge on any atom is 1.00 e. The largest absolute Gasteiger partial charge is 1.00 e. The maximum absolute atomic E-state index is 10.1. The zero-order valence-electron chi connectivity index (χ0n) is 24.3. The standard InChI is InChI=1S/C25H38NOS.C7H4BrNO.Na/c1-6-8-26(16-23-11-19(3)9-20(4)12-23)17-25(27-7-2)15-22-10-21(5)13-24(14-22)18-28;8-6-1-2-7(9)5(3-6)4-10;/h9-11,13-14,20,25,28H,1,6-8,12,15-18H2,2-5H3;1-3,9H;/q-1;-2;+1/p+1. The number of rotatable bonds is 12. The monoisotopic (exact) mass is 621 g/mol. The molecule has 0 bridgehead atoms. The molecule has 0 aromatic heterocycles. The topological polar surface area (TPSA) is 54.5 Å². The first kappa shape index (κ1) is 36.2. The Labute approximate surface area is 272 Å². The molecule has 0 spiro atoms. The van der Waals surface area contributed by atoms with Gasteiger partial charge in [-0.15, -0.1) is 18.6 Å². The molecule has 0 saturated carbocycles. The molecule has 3 atom stereocenters. The van der Waals surface area contributed by atoms with Crippen molar-refractivity contribution >= 4 is 40.5 Å². The van der Waals surface area contributed by atoms with Crippen molar-refractivity contribution in [1.29, 1.82) is 0 Å². The van der Waals surface area contributed by atoms with E-state index < -0.39 is 0 Å². The normalized spacial score (nSPS) is 16.1. The molecule has 7 heteroatoms. The van der Waals surface area contributed by atoms with E-state index in [1.54, 1.807) is 35.0 Å². The molecule has 2 aromatic rings. The van der Waals surface area contributed by atoms with Crippen LogP contribution in [0.3, 0.4) is 0 Å². The zero-order chi connectivity index (χ0) is 28.1. The molecule has 0 aliphatic heterocycles. The molecule has 1 aliphatic rings. The molecular weight excluding hydrogens is 579 g/mol. The minimum Gasteiger partial charge on any atom is -0.756 e. The number of quaternary nitrogens is 1. The molecule has 0 radical (unpaired) electrons. The smallest absolute Gasteiger partial charge is 0.756 e. The van der Waals surface area contributed by atoms with Crippen molar-refractivity contribution in [3.05, 3.63) is 99.1 Å². The van der Waals surface area contributed by atoms with Gasteiger partial charge in [0.2, 0.25) is 0 Å². The molecule has 0 fully saturated rings. The third kappa shape index (κ3) is 13.6. The summed E-state index contributed by atoms with van der Waals surface area (Å²) in [7, 11) is 0. The van der Waals surface area contributed by atoms with E-state index >= 15 is 0 Å². The van der Waals surface area contributed by atoms with E-state index in [1.807, 2.05) is 0 Å². The van der Waals surface area contributed by atoms with E-state index in [9.17, 15) is 4.79 Å². The first-order valence-electron chi connectivity index (χ1n) is 13.4. The van der Waals surface area contributed by atoms with E-state index in [-0.39, 0.29) is 46.9 Å². The van der Waals surface area contributed by atoms with Gasteiger partial charge in [-0.3, -0.25) is 5.69 Å². The van der Waals surface area contributed by atoms with Gasteiger partial charge in [-0.25, -0.2) is 0 Å². The Kier molecular flexibility index (Phi) is 17.9. The van der Waals surface area contributed by atoms with E-state index in [0.29, 0.717) is 5.92 Å². The fraction of sp³-hybridized carbons (Fsp3) is 0.438. The molecule has 3 unspecified atom stereocenters. The van der Waals surface area contributed by atoms with Gasteiger partial charge in [-0.05, 0) is 54.3 Å². The number of aryl methyl sites for hydroxylation is 1. The number of nitrogens with one attached hydrogen (secondary N) is 2. The van der Waals surface area contributed by atoms with Crippen LogP contribution >= 0.6 is 28.6 Å². The van der Waals surface area contributed by atoms with E-state index in [4.69, 9.17) is 10.5 Å². The Morgan fingerprint density at radius 3 is 2.54 bits per heavy atom. The molecule has 39 heavy (non-hydrogen) atoms. The summed E-state index contributed by atoms with van der Waals surface area (Å²) in [6.07, 6.45) is 9.77. The van der Waals surface area contributed by atoms with E-state index in [2.05, 4.69) is 93.5 Å². The second kappa shape index (κ2) is 19.3. The molecule has 1 aliphatic carbocycles. The summed E-state index contributed by atoms with van der Waals surface area (Å²) in [5.41, 5.74) is 14.6. The SMILES string of the molecule is [CH2-]CC[NH+](CC1=CC(C)=CC(C)C1)CC(Cc1cc(C)cc(CS)c1)OCC.[NH-]c1ccc(Br)cc1[C-]=O.[Na+]. The van der Waals surface area contributed by atoms with Crippen molar-refractivity contribution in [3.63, 3.8) is 0 Å². The summed E-state index contributed by atoms with van der Waals surface area (Å²) < 4.78 is 6.97. The summed E-state index contributed by atoms with van der Waals surface area (Å²) >= 11 is 7.63. The van der Waals surface area contributed by atoms with Crippen molar-refractivity contribution in [2.24, 2.45) is 5.92 Å². The molecule has 208 valence electrons. The number of allylic oxidation sites excluding steroid dienone is 3. The van der Waals surface area contributed by atoms with E-state index in [1.165, 1.54) is 28.7 Å². The molecule has 4 nitrogen and oxygen atoms in total. The minimum atomic E-state index is 0. The first-order chi connectivity index (χ1) is 18.2. The number of benzene rings is 2. The van der Waals surface area contributed by atoms with Gasteiger partial charge in [0, 0.05) is 25.3 Å². The third-order valence-electron chi connectivity index (χ3n) is 6.42. The molecule has 2 N–H and O–H groups in total. The summed E-state index contributed by atoms with van der Waals surface area (Å²) in [5, 5.41) is 0. The van der Waals surface area contributed by atoms with Gasteiger partial charge in [-0.2, -0.15) is 18.2 Å². The van der Waals surface area contributed by atoms with Crippen molar-refractivity contribution in [1.82, 2.24) is 0 Å². The Bertz CT molecular complexity index is 1110. The number of ether oxygens (including phenoxy) is 1. The van der Waals surface area contributed by atoms with Crippen LogP contribution in [0.15, 0.2) is 64.2 Å². The van der Waals surface area contributed by atoms with Gasteiger partial charge in [0.1, 0.15) is 12.6 Å². The van der Waals surface area contributed by atoms with Crippen molar-refractivity contribution < 1.29 is 44.0 Å². The molecular formula is C32H43BrN2NaO2S-. The number of hydrogen-bond acceptors (Lipinski definition) is 3. The molecule has 0 heterocycles. The molecule has 3 rings (SSSR count). The van der Waals surface area contributed by atoms with Gasteiger partial charge in [-0.1, -0.05) is 70.4 Å². The number of carbonyl (C=O) groups excluding carboxylic acids is 1. The Balaban J connectivity index is 0.000000581. The van der Waals surface area contributed by atoms with Gasteiger partial charge >= 0.3 is 29.6 Å². The summed E-state index contributed by atoms with van der Waals surface area (Å²) in [6.45, 7) is 16.9. The van der Waals surface area contributed by atoms with Crippen LogP contribution in [0.1, 0.15) is 55.9 Å². The summed E-state index contributed by atoms with van der Waals surface area (Å²) in [6, 6.07) is 11.6. The average molecular weight is 623 g/mol. The first-order valence-corrected chi connectivity index (χ1v) is 14.8. The van der Waals surface area contributed by atoms with Crippen LogP contribution in [0, 0.1) is 19.8 Å². The van der Waals surface area contributed by atoms with Crippen LogP contribution in [0.25, 0.3) is 5.73 Å². The van der Waals surface area contributed by atoms with Gasteiger partial charge < -0.3 is 27.1 Å². The molecule has 0 saturated heterocycles. The van der Waals surface area contributed by atoms with Crippen LogP contribution in [-0.2, 0) is 21.7 Å². The van der Waals surface area contributed by atoms with E-state index in [0.717, 1.165) is 49.3 Å².